The molecule has 11 heteroatoms. The quantitative estimate of drug-likeness (QED) is 0.250. The lowest BCUT2D eigenvalue weighted by atomic mass is 9.97. The first kappa shape index (κ1) is 29.7. The van der Waals surface area contributed by atoms with E-state index in [-0.39, 0.29) is 23.5 Å². The van der Waals surface area contributed by atoms with Crippen LogP contribution in [0.25, 0.3) is 0 Å². The van der Waals surface area contributed by atoms with Crippen LogP contribution in [0.15, 0.2) is 107 Å². The standard InChI is InChI=1S/C31H29ClN2O7S/c1-31(20-37-18-21-11-5-2-6-12-21)26(38-19-22-13-7-3-8-14-22)25(40-30(42)39-23-15-9-4-10-16-23)28(41-31)34-17-24(32)27(35)33-29(34)36/h2-17,25-26,28H,18-20H2,1H3,(H,33,35,36)/t25-,26+,28-,31-/m1/s1. The lowest BCUT2D eigenvalue weighted by Gasteiger charge is -2.31. The summed E-state index contributed by atoms with van der Waals surface area (Å²) in [6.45, 7) is 2.42. The molecule has 1 N–H and O–H groups in total. The Hall–Kier alpha value is -3.80. The molecule has 9 nitrogen and oxygen atoms in total. The highest BCUT2D eigenvalue weighted by Gasteiger charge is 2.56. The van der Waals surface area contributed by atoms with Gasteiger partial charge in [0.15, 0.2) is 12.3 Å². The molecule has 1 aliphatic heterocycles. The fourth-order valence-electron chi connectivity index (χ4n) is 4.71. The van der Waals surface area contributed by atoms with Crippen LogP contribution in [-0.2, 0) is 32.2 Å². The molecule has 0 saturated carbocycles. The molecule has 1 fully saturated rings. The number of H-pyrrole nitrogens is 1. The molecule has 0 bridgehead atoms. The third kappa shape index (κ3) is 7.15. The molecule has 4 atom stereocenters. The first-order valence-corrected chi connectivity index (χ1v) is 14.0. The summed E-state index contributed by atoms with van der Waals surface area (Å²) in [5, 5.41) is -0.401. The Labute approximate surface area is 252 Å². The van der Waals surface area contributed by atoms with Gasteiger partial charge in [0, 0.05) is 18.4 Å². The third-order valence-electron chi connectivity index (χ3n) is 6.72. The summed E-state index contributed by atoms with van der Waals surface area (Å²) in [7, 11) is 0. The van der Waals surface area contributed by atoms with Crippen molar-refractivity contribution in [3.05, 3.63) is 134 Å². The predicted molar refractivity (Wildman–Crippen MR) is 161 cm³/mol. The molecule has 1 saturated heterocycles. The van der Waals surface area contributed by atoms with Crippen LogP contribution in [0.4, 0.5) is 0 Å². The molecule has 3 aromatic carbocycles. The Bertz CT molecular complexity index is 1600. The molecule has 0 spiro atoms. The molecule has 1 aliphatic rings. The van der Waals surface area contributed by atoms with Gasteiger partial charge in [-0.2, -0.15) is 0 Å². The number of thiocarbonyl (C=S) groups is 1. The van der Waals surface area contributed by atoms with Crippen molar-refractivity contribution in [3.8, 4) is 5.75 Å². The largest absolute Gasteiger partial charge is 0.446 e. The number of hydrogen-bond donors (Lipinski definition) is 1. The van der Waals surface area contributed by atoms with Gasteiger partial charge in [-0.1, -0.05) is 90.5 Å². The van der Waals surface area contributed by atoms with E-state index in [1.165, 1.54) is 6.20 Å². The van der Waals surface area contributed by atoms with Crippen LogP contribution in [0.2, 0.25) is 5.02 Å². The van der Waals surface area contributed by atoms with E-state index in [1.807, 2.05) is 73.7 Å². The molecule has 0 unspecified atom stereocenters. The number of para-hydroxylation sites is 1. The summed E-state index contributed by atoms with van der Waals surface area (Å²) in [5.41, 5.74) is -0.703. The molecule has 0 radical (unpaired) electrons. The maximum absolute atomic E-state index is 13.0. The van der Waals surface area contributed by atoms with Gasteiger partial charge in [0.1, 0.15) is 22.5 Å². The fraction of sp³-hybridized carbons (Fsp3) is 0.258. The minimum Gasteiger partial charge on any atom is -0.446 e. The highest BCUT2D eigenvalue weighted by Crippen LogP contribution is 2.41. The lowest BCUT2D eigenvalue weighted by Crippen LogP contribution is -2.47. The second-order valence-corrected chi connectivity index (χ2v) is 10.6. The van der Waals surface area contributed by atoms with E-state index >= 15 is 0 Å². The Kier molecular flexibility index (Phi) is 9.51. The Balaban J connectivity index is 1.48. The Morgan fingerprint density at radius 1 is 0.952 bits per heavy atom. The minimum atomic E-state index is -1.14. The predicted octanol–water partition coefficient (Wildman–Crippen LogP) is 5.03. The van der Waals surface area contributed by atoms with E-state index in [2.05, 4.69) is 4.98 Å². The van der Waals surface area contributed by atoms with Crippen LogP contribution in [-0.4, -0.2) is 39.2 Å². The molecule has 42 heavy (non-hydrogen) atoms. The van der Waals surface area contributed by atoms with Crippen molar-refractivity contribution in [2.24, 2.45) is 0 Å². The molecule has 0 aliphatic carbocycles. The number of nitrogens with one attached hydrogen (secondary N) is 1. The summed E-state index contributed by atoms with van der Waals surface area (Å²) in [4.78, 5) is 27.2. The van der Waals surface area contributed by atoms with Crippen LogP contribution < -0.4 is 16.0 Å². The number of hydrogen-bond acceptors (Lipinski definition) is 8. The first-order chi connectivity index (χ1) is 20.3. The van der Waals surface area contributed by atoms with Gasteiger partial charge >= 0.3 is 10.9 Å². The second-order valence-electron chi connectivity index (χ2n) is 9.91. The van der Waals surface area contributed by atoms with Gasteiger partial charge in [-0.3, -0.25) is 14.3 Å². The maximum atomic E-state index is 13.0. The molecule has 2 heterocycles. The van der Waals surface area contributed by atoms with Crippen LogP contribution in [0.1, 0.15) is 24.3 Å². The van der Waals surface area contributed by atoms with Crippen LogP contribution in [0.5, 0.6) is 5.75 Å². The van der Waals surface area contributed by atoms with Crippen LogP contribution in [0, 0.1) is 0 Å². The van der Waals surface area contributed by atoms with Gasteiger partial charge in [0.2, 0.25) is 0 Å². The number of halogens is 1. The van der Waals surface area contributed by atoms with E-state index < -0.39 is 35.3 Å². The summed E-state index contributed by atoms with van der Waals surface area (Å²) in [6.07, 6.45) is -1.73. The summed E-state index contributed by atoms with van der Waals surface area (Å²) in [6, 6.07) is 28.2. The van der Waals surface area contributed by atoms with Gasteiger partial charge in [-0.25, -0.2) is 4.79 Å². The zero-order valence-corrected chi connectivity index (χ0v) is 24.3. The number of aromatic nitrogens is 2. The van der Waals surface area contributed by atoms with Crippen molar-refractivity contribution in [2.45, 2.75) is 44.2 Å². The average molecular weight is 609 g/mol. The van der Waals surface area contributed by atoms with E-state index in [1.54, 1.807) is 24.3 Å². The monoisotopic (exact) mass is 608 g/mol. The van der Waals surface area contributed by atoms with Gasteiger partial charge in [0.25, 0.3) is 5.56 Å². The number of ether oxygens (including phenoxy) is 5. The lowest BCUT2D eigenvalue weighted by molar-refractivity contribution is -0.147. The molecule has 1 aromatic heterocycles. The number of aromatic amines is 1. The molecule has 218 valence electrons. The SMILES string of the molecule is C[C@]1(COCc2ccccc2)O[C@@H](n2cc(Cl)c(=O)[nH]c2=O)[C@H](OC(=S)Oc2ccccc2)[C@@H]1OCc1ccccc1. The maximum Gasteiger partial charge on any atom is 0.358 e. The van der Waals surface area contributed by atoms with Gasteiger partial charge < -0.3 is 23.7 Å². The molecule has 5 rings (SSSR count). The van der Waals surface area contributed by atoms with Crippen molar-refractivity contribution in [1.82, 2.24) is 9.55 Å². The molecular formula is C31H29ClN2O7S. The Morgan fingerprint density at radius 2 is 1.55 bits per heavy atom. The van der Waals surface area contributed by atoms with E-state index in [0.717, 1.165) is 15.7 Å². The number of benzene rings is 3. The molecular weight excluding hydrogens is 580 g/mol. The van der Waals surface area contributed by atoms with Crippen molar-refractivity contribution in [3.63, 3.8) is 0 Å². The zero-order chi connectivity index (χ0) is 29.5. The topological polar surface area (TPSA) is 101 Å². The summed E-state index contributed by atoms with van der Waals surface area (Å²) < 4.78 is 32.1. The van der Waals surface area contributed by atoms with E-state index in [4.69, 9.17) is 47.5 Å². The second kappa shape index (κ2) is 13.5. The molecule has 4 aromatic rings. The smallest absolute Gasteiger partial charge is 0.358 e. The number of nitrogens with zero attached hydrogens (tertiary/aromatic N) is 1. The van der Waals surface area contributed by atoms with E-state index in [0.29, 0.717) is 12.4 Å². The van der Waals surface area contributed by atoms with Gasteiger partial charge in [-0.15, -0.1) is 0 Å². The van der Waals surface area contributed by atoms with Gasteiger partial charge in [0.05, 0.1) is 19.8 Å². The minimum absolute atomic E-state index is 0.0792. The fourth-order valence-corrected chi connectivity index (χ4v) is 5.06. The highest BCUT2D eigenvalue weighted by atomic mass is 35.5. The highest BCUT2D eigenvalue weighted by molar-refractivity contribution is 7.79. The normalized spacial score (nSPS) is 21.6. The van der Waals surface area contributed by atoms with Crippen molar-refractivity contribution in [1.29, 1.82) is 0 Å². The molecule has 0 amide bonds. The van der Waals surface area contributed by atoms with Crippen molar-refractivity contribution in [2.75, 3.05) is 6.61 Å². The average Bonchev–Trinajstić information content (AvgIpc) is 3.25. The van der Waals surface area contributed by atoms with E-state index in [9.17, 15) is 9.59 Å². The van der Waals surface area contributed by atoms with Gasteiger partial charge in [-0.05, 0) is 30.2 Å². The van der Waals surface area contributed by atoms with Crippen LogP contribution in [0.3, 0.4) is 0 Å². The van der Waals surface area contributed by atoms with Crippen LogP contribution >= 0.6 is 23.8 Å². The third-order valence-corrected chi connectivity index (χ3v) is 7.17. The first-order valence-electron chi connectivity index (χ1n) is 13.2. The summed E-state index contributed by atoms with van der Waals surface area (Å²) >= 11 is 11.6. The van der Waals surface area contributed by atoms with Crippen molar-refractivity contribution >= 4 is 29.1 Å². The Morgan fingerprint density at radius 3 is 2.19 bits per heavy atom. The van der Waals surface area contributed by atoms with Crippen molar-refractivity contribution < 1.29 is 23.7 Å². The number of rotatable bonds is 10. The summed E-state index contributed by atoms with van der Waals surface area (Å²) in [5.74, 6) is 0.470. The zero-order valence-electron chi connectivity index (χ0n) is 22.7.